The molecular formula is C19H22N4O3S2. The highest BCUT2D eigenvalue weighted by atomic mass is 32.2. The first-order valence-corrected chi connectivity index (χ1v) is 11.3. The Labute approximate surface area is 170 Å². The second-order valence-electron chi connectivity index (χ2n) is 7.12. The SMILES string of the molecule is NC(=O)c1c(NC(=O)CSc2nc3c(c(=O)[nH]2)CCCC3)sc2c1CCCC2. The smallest absolute Gasteiger partial charge is 0.254 e. The van der Waals surface area contributed by atoms with Gasteiger partial charge in [-0.05, 0) is 56.9 Å². The Balaban J connectivity index is 1.46. The maximum atomic E-state index is 12.4. The molecule has 0 aromatic carbocycles. The molecule has 0 bridgehead atoms. The molecule has 2 aromatic heterocycles. The van der Waals surface area contributed by atoms with Crippen LogP contribution in [0.15, 0.2) is 9.95 Å². The highest BCUT2D eigenvalue weighted by Crippen LogP contribution is 2.38. The number of thioether (sulfide) groups is 1. The van der Waals surface area contributed by atoms with Crippen LogP contribution in [-0.2, 0) is 30.5 Å². The first kappa shape index (κ1) is 19.2. The molecule has 7 nitrogen and oxygen atoms in total. The van der Waals surface area contributed by atoms with E-state index in [1.807, 2.05) is 0 Å². The van der Waals surface area contributed by atoms with Crippen molar-refractivity contribution >= 4 is 39.9 Å². The van der Waals surface area contributed by atoms with Gasteiger partial charge in [0, 0.05) is 10.4 Å². The van der Waals surface area contributed by atoms with Gasteiger partial charge in [-0.15, -0.1) is 11.3 Å². The molecule has 2 aliphatic rings. The standard InChI is InChI=1S/C19H22N4O3S2/c20-16(25)15-11-6-2-4-8-13(11)28-18(15)22-14(24)9-27-19-21-12-7-3-1-5-10(12)17(26)23-19/h1-9H2,(H2,20,25)(H,22,24)(H,21,23,26). The zero-order chi connectivity index (χ0) is 19.7. The van der Waals surface area contributed by atoms with E-state index in [-0.39, 0.29) is 17.2 Å². The van der Waals surface area contributed by atoms with E-state index in [0.717, 1.165) is 73.1 Å². The number of aromatic amines is 1. The summed E-state index contributed by atoms with van der Waals surface area (Å²) >= 11 is 2.64. The third kappa shape index (κ3) is 3.86. The molecule has 148 valence electrons. The fourth-order valence-electron chi connectivity index (χ4n) is 3.86. The summed E-state index contributed by atoms with van der Waals surface area (Å²) < 4.78 is 0. The number of nitrogens with two attached hydrogens (primary N) is 1. The lowest BCUT2D eigenvalue weighted by molar-refractivity contribution is -0.113. The molecule has 2 aliphatic carbocycles. The number of nitrogens with zero attached hydrogens (tertiary/aromatic N) is 1. The summed E-state index contributed by atoms with van der Waals surface area (Å²) in [5.74, 6) is -0.642. The average molecular weight is 419 g/mol. The summed E-state index contributed by atoms with van der Waals surface area (Å²) in [6.07, 6.45) is 7.49. The number of aromatic nitrogens is 2. The number of hydrogen-bond donors (Lipinski definition) is 3. The maximum absolute atomic E-state index is 12.4. The van der Waals surface area contributed by atoms with Gasteiger partial charge < -0.3 is 16.0 Å². The predicted molar refractivity (Wildman–Crippen MR) is 110 cm³/mol. The van der Waals surface area contributed by atoms with Crippen LogP contribution in [0.1, 0.15) is 57.7 Å². The van der Waals surface area contributed by atoms with Crippen LogP contribution in [-0.4, -0.2) is 27.5 Å². The van der Waals surface area contributed by atoms with Gasteiger partial charge in [0.05, 0.1) is 17.0 Å². The second kappa shape index (κ2) is 8.08. The van der Waals surface area contributed by atoms with Crippen molar-refractivity contribution in [1.82, 2.24) is 9.97 Å². The van der Waals surface area contributed by atoms with Gasteiger partial charge in [-0.1, -0.05) is 11.8 Å². The van der Waals surface area contributed by atoms with Gasteiger partial charge in [0.1, 0.15) is 5.00 Å². The van der Waals surface area contributed by atoms with Gasteiger partial charge in [0.25, 0.3) is 11.5 Å². The number of H-pyrrole nitrogens is 1. The number of carbonyl (C=O) groups excluding carboxylic acids is 2. The minimum Gasteiger partial charge on any atom is -0.365 e. The van der Waals surface area contributed by atoms with E-state index in [0.29, 0.717) is 15.7 Å². The van der Waals surface area contributed by atoms with Gasteiger partial charge in [0.15, 0.2) is 5.16 Å². The number of anilines is 1. The molecule has 2 amide bonds. The third-order valence-corrected chi connectivity index (χ3v) is 7.26. The summed E-state index contributed by atoms with van der Waals surface area (Å²) in [6, 6.07) is 0. The quantitative estimate of drug-likeness (QED) is 0.509. The van der Waals surface area contributed by atoms with Crippen LogP contribution in [0.25, 0.3) is 0 Å². The van der Waals surface area contributed by atoms with Crippen molar-refractivity contribution in [1.29, 1.82) is 0 Å². The van der Waals surface area contributed by atoms with Crippen LogP contribution in [0.4, 0.5) is 5.00 Å². The number of thiophene rings is 1. The molecule has 4 N–H and O–H groups in total. The zero-order valence-corrected chi connectivity index (χ0v) is 17.1. The Kier molecular flexibility index (Phi) is 5.54. The largest absolute Gasteiger partial charge is 0.365 e. The Hall–Kier alpha value is -2.13. The number of amides is 2. The number of hydrogen-bond acceptors (Lipinski definition) is 6. The predicted octanol–water partition coefficient (Wildman–Crippen LogP) is 2.42. The number of carbonyl (C=O) groups is 2. The van der Waals surface area contributed by atoms with Crippen LogP contribution in [0.2, 0.25) is 0 Å². The van der Waals surface area contributed by atoms with E-state index in [2.05, 4.69) is 15.3 Å². The zero-order valence-electron chi connectivity index (χ0n) is 15.4. The van der Waals surface area contributed by atoms with Crippen molar-refractivity contribution in [2.75, 3.05) is 11.1 Å². The Morgan fingerprint density at radius 3 is 2.61 bits per heavy atom. The average Bonchev–Trinajstić information content (AvgIpc) is 3.04. The highest BCUT2D eigenvalue weighted by molar-refractivity contribution is 7.99. The summed E-state index contributed by atoms with van der Waals surface area (Å²) in [7, 11) is 0. The number of nitrogens with one attached hydrogen (secondary N) is 2. The summed E-state index contributed by atoms with van der Waals surface area (Å²) in [6.45, 7) is 0. The summed E-state index contributed by atoms with van der Waals surface area (Å²) in [5.41, 5.74) is 8.53. The molecule has 0 unspecified atom stereocenters. The topological polar surface area (TPSA) is 118 Å². The summed E-state index contributed by atoms with van der Waals surface area (Å²) in [4.78, 5) is 45.0. The van der Waals surface area contributed by atoms with Gasteiger partial charge in [-0.2, -0.15) is 0 Å². The fourth-order valence-corrected chi connectivity index (χ4v) is 5.85. The molecule has 0 radical (unpaired) electrons. The second-order valence-corrected chi connectivity index (χ2v) is 9.19. The molecule has 4 rings (SSSR count). The lowest BCUT2D eigenvalue weighted by atomic mass is 9.95. The number of rotatable bonds is 5. The molecular weight excluding hydrogens is 396 g/mol. The van der Waals surface area contributed by atoms with E-state index in [4.69, 9.17) is 5.73 Å². The first-order chi connectivity index (χ1) is 13.5. The molecule has 0 fully saturated rings. The maximum Gasteiger partial charge on any atom is 0.254 e. The van der Waals surface area contributed by atoms with Crippen molar-refractivity contribution in [2.24, 2.45) is 5.73 Å². The number of aryl methyl sites for hydroxylation is 2. The Bertz CT molecular complexity index is 996. The van der Waals surface area contributed by atoms with Crippen LogP contribution in [0, 0.1) is 0 Å². The van der Waals surface area contributed by atoms with Crippen LogP contribution in [0.5, 0.6) is 0 Å². The van der Waals surface area contributed by atoms with Crippen molar-refractivity contribution in [3.8, 4) is 0 Å². The van der Waals surface area contributed by atoms with Gasteiger partial charge in [-0.3, -0.25) is 14.4 Å². The number of primary amides is 1. The fraction of sp³-hybridized carbons (Fsp3) is 0.474. The minimum absolute atomic E-state index is 0.0997. The summed E-state index contributed by atoms with van der Waals surface area (Å²) in [5, 5.41) is 3.83. The van der Waals surface area contributed by atoms with Crippen LogP contribution >= 0.6 is 23.1 Å². The molecule has 0 saturated heterocycles. The molecule has 0 aliphatic heterocycles. The lowest BCUT2D eigenvalue weighted by Crippen LogP contribution is -2.22. The van der Waals surface area contributed by atoms with E-state index in [1.54, 1.807) is 0 Å². The first-order valence-electron chi connectivity index (χ1n) is 9.52. The minimum atomic E-state index is -0.497. The third-order valence-electron chi connectivity index (χ3n) is 5.18. The van der Waals surface area contributed by atoms with Gasteiger partial charge in [0.2, 0.25) is 5.91 Å². The number of fused-ring (bicyclic) bond motifs is 2. The van der Waals surface area contributed by atoms with Crippen molar-refractivity contribution < 1.29 is 9.59 Å². The molecule has 0 spiro atoms. The van der Waals surface area contributed by atoms with Crippen molar-refractivity contribution in [3.05, 3.63) is 37.6 Å². The molecule has 2 aromatic rings. The normalized spacial score (nSPS) is 15.6. The van der Waals surface area contributed by atoms with Crippen LogP contribution < -0.4 is 16.6 Å². The Morgan fingerprint density at radius 2 is 1.82 bits per heavy atom. The van der Waals surface area contributed by atoms with Crippen molar-refractivity contribution in [3.63, 3.8) is 0 Å². The Morgan fingerprint density at radius 1 is 1.11 bits per heavy atom. The van der Waals surface area contributed by atoms with Crippen molar-refractivity contribution in [2.45, 2.75) is 56.5 Å². The molecule has 2 heterocycles. The molecule has 28 heavy (non-hydrogen) atoms. The van der Waals surface area contributed by atoms with E-state index in [1.165, 1.54) is 23.1 Å². The highest BCUT2D eigenvalue weighted by Gasteiger charge is 2.25. The monoisotopic (exact) mass is 418 g/mol. The van der Waals surface area contributed by atoms with E-state index >= 15 is 0 Å². The molecule has 0 saturated carbocycles. The lowest BCUT2D eigenvalue weighted by Gasteiger charge is -2.14. The molecule has 9 heteroatoms. The van der Waals surface area contributed by atoms with Gasteiger partial charge in [-0.25, -0.2) is 4.98 Å². The molecule has 0 atom stereocenters. The van der Waals surface area contributed by atoms with E-state index in [9.17, 15) is 14.4 Å². The van der Waals surface area contributed by atoms with E-state index < -0.39 is 5.91 Å². The van der Waals surface area contributed by atoms with Crippen LogP contribution in [0.3, 0.4) is 0 Å². The van der Waals surface area contributed by atoms with Gasteiger partial charge >= 0.3 is 0 Å².